The summed E-state index contributed by atoms with van der Waals surface area (Å²) < 4.78 is 0. The van der Waals surface area contributed by atoms with Crippen LogP contribution in [-0.4, -0.2) is 35.0 Å². The van der Waals surface area contributed by atoms with Crippen LogP contribution in [0.15, 0.2) is 24.3 Å². The van der Waals surface area contributed by atoms with Crippen molar-refractivity contribution < 1.29 is 14.7 Å². The van der Waals surface area contributed by atoms with Gasteiger partial charge in [0.25, 0.3) is 0 Å². The third-order valence-electron chi connectivity index (χ3n) is 4.62. The summed E-state index contributed by atoms with van der Waals surface area (Å²) in [5.41, 5.74) is 6.26. The highest BCUT2D eigenvalue weighted by Gasteiger charge is 2.39. The molecule has 21 heavy (non-hydrogen) atoms. The number of carbonyl (C=O) groups excluding carboxylic acids is 1. The van der Waals surface area contributed by atoms with Crippen LogP contribution in [0.2, 0.25) is 0 Å². The molecule has 114 valence electrons. The van der Waals surface area contributed by atoms with Crippen molar-refractivity contribution in [2.75, 3.05) is 13.1 Å². The number of primary amides is 1. The van der Waals surface area contributed by atoms with E-state index in [1.807, 2.05) is 19.1 Å². The predicted octanol–water partition coefficient (Wildman–Crippen LogP) is 1.86. The van der Waals surface area contributed by atoms with Crippen molar-refractivity contribution in [1.29, 1.82) is 0 Å². The summed E-state index contributed by atoms with van der Waals surface area (Å²) in [6.07, 6.45) is 1.96. The average molecular weight is 290 g/mol. The average Bonchev–Trinajstić information content (AvgIpc) is 2.48. The number of nitrogens with two attached hydrogens (primary N) is 1. The second-order valence-electron chi connectivity index (χ2n) is 5.74. The van der Waals surface area contributed by atoms with Gasteiger partial charge in [0.15, 0.2) is 0 Å². The van der Waals surface area contributed by atoms with Gasteiger partial charge in [-0.2, -0.15) is 0 Å². The van der Waals surface area contributed by atoms with Crippen LogP contribution in [0.1, 0.15) is 42.1 Å². The molecular formula is C16H22N2O3. The minimum atomic E-state index is -0.692. The lowest BCUT2D eigenvalue weighted by atomic mass is 9.76. The van der Waals surface area contributed by atoms with Gasteiger partial charge in [-0.3, -0.25) is 14.5 Å². The standard InChI is InChI=1S/C16H22N2O3/c1-2-16(15(20)21)7-9-18(10-8-16)11-12-5-3-4-6-13(12)14(17)19/h3-6H,2,7-11H2,1H3,(H2,17,19)(H,20,21). The number of hydrogen-bond acceptors (Lipinski definition) is 3. The number of amides is 1. The summed E-state index contributed by atoms with van der Waals surface area (Å²) in [6, 6.07) is 7.32. The normalized spacial score (nSPS) is 18.3. The van der Waals surface area contributed by atoms with Gasteiger partial charge in [-0.05, 0) is 44.0 Å². The quantitative estimate of drug-likeness (QED) is 0.867. The second kappa shape index (κ2) is 6.26. The molecule has 3 N–H and O–H groups in total. The Morgan fingerprint density at radius 3 is 2.43 bits per heavy atom. The first kappa shape index (κ1) is 15.5. The van der Waals surface area contributed by atoms with Gasteiger partial charge in [-0.25, -0.2) is 0 Å². The van der Waals surface area contributed by atoms with Gasteiger partial charge < -0.3 is 10.8 Å². The van der Waals surface area contributed by atoms with Crippen LogP contribution in [0, 0.1) is 5.41 Å². The van der Waals surface area contributed by atoms with E-state index in [1.165, 1.54) is 0 Å². The van der Waals surface area contributed by atoms with E-state index in [-0.39, 0.29) is 0 Å². The number of carbonyl (C=O) groups is 2. The Labute approximate surface area is 124 Å². The third kappa shape index (κ3) is 3.24. The van der Waals surface area contributed by atoms with Crippen molar-refractivity contribution in [1.82, 2.24) is 4.90 Å². The Hall–Kier alpha value is -1.88. The van der Waals surface area contributed by atoms with Gasteiger partial charge in [-0.1, -0.05) is 25.1 Å². The van der Waals surface area contributed by atoms with E-state index in [0.717, 1.165) is 18.7 Å². The highest BCUT2D eigenvalue weighted by molar-refractivity contribution is 5.94. The number of carboxylic acid groups (broad SMARTS) is 1. The van der Waals surface area contributed by atoms with Crippen molar-refractivity contribution >= 4 is 11.9 Å². The van der Waals surface area contributed by atoms with Gasteiger partial charge in [0, 0.05) is 12.1 Å². The summed E-state index contributed by atoms with van der Waals surface area (Å²) in [5, 5.41) is 9.40. The molecule has 1 aromatic carbocycles. The lowest BCUT2D eigenvalue weighted by Crippen LogP contribution is -2.43. The number of carboxylic acids is 1. The molecule has 1 saturated heterocycles. The number of piperidine rings is 1. The van der Waals surface area contributed by atoms with Crippen molar-refractivity contribution in [3.63, 3.8) is 0 Å². The van der Waals surface area contributed by atoms with Gasteiger partial charge in [0.05, 0.1) is 5.41 Å². The number of likely N-dealkylation sites (tertiary alicyclic amines) is 1. The molecule has 0 radical (unpaired) electrons. The van der Waals surface area contributed by atoms with Gasteiger partial charge in [0.1, 0.15) is 0 Å². The number of benzene rings is 1. The molecule has 1 aromatic rings. The van der Waals surface area contributed by atoms with Crippen LogP contribution in [-0.2, 0) is 11.3 Å². The fraction of sp³-hybridized carbons (Fsp3) is 0.500. The van der Waals surface area contributed by atoms with Gasteiger partial charge in [-0.15, -0.1) is 0 Å². The first-order valence-corrected chi connectivity index (χ1v) is 7.32. The number of rotatable bonds is 5. The molecular weight excluding hydrogens is 268 g/mol. The number of aliphatic carboxylic acids is 1. The maximum absolute atomic E-state index is 11.4. The lowest BCUT2D eigenvalue weighted by Gasteiger charge is -2.38. The van der Waals surface area contributed by atoms with Crippen molar-refractivity contribution in [2.45, 2.75) is 32.7 Å². The molecule has 0 bridgehead atoms. The topological polar surface area (TPSA) is 83.6 Å². The molecule has 5 nitrogen and oxygen atoms in total. The maximum Gasteiger partial charge on any atom is 0.309 e. The molecule has 0 atom stereocenters. The minimum Gasteiger partial charge on any atom is -0.481 e. The van der Waals surface area contributed by atoms with E-state index in [2.05, 4.69) is 4.90 Å². The molecule has 2 rings (SSSR count). The van der Waals surface area contributed by atoms with E-state index in [0.29, 0.717) is 31.4 Å². The molecule has 1 aliphatic heterocycles. The highest BCUT2D eigenvalue weighted by Crippen LogP contribution is 2.35. The Kier molecular flexibility index (Phi) is 4.63. The summed E-state index contributed by atoms with van der Waals surface area (Å²) >= 11 is 0. The highest BCUT2D eigenvalue weighted by atomic mass is 16.4. The molecule has 1 heterocycles. The molecule has 1 fully saturated rings. The van der Waals surface area contributed by atoms with Crippen LogP contribution >= 0.6 is 0 Å². The predicted molar refractivity (Wildman–Crippen MR) is 79.8 cm³/mol. The Morgan fingerprint density at radius 2 is 1.90 bits per heavy atom. The monoisotopic (exact) mass is 290 g/mol. The molecule has 5 heteroatoms. The molecule has 0 saturated carbocycles. The number of nitrogens with zero attached hydrogens (tertiary/aromatic N) is 1. The Morgan fingerprint density at radius 1 is 1.29 bits per heavy atom. The first-order chi connectivity index (χ1) is 9.98. The summed E-state index contributed by atoms with van der Waals surface area (Å²) in [4.78, 5) is 25.1. The van der Waals surface area contributed by atoms with Crippen molar-refractivity contribution in [3.05, 3.63) is 35.4 Å². The zero-order chi connectivity index (χ0) is 15.5. The van der Waals surface area contributed by atoms with Crippen LogP contribution in [0.5, 0.6) is 0 Å². The summed E-state index contributed by atoms with van der Waals surface area (Å²) in [6.45, 7) is 4.03. The third-order valence-corrected chi connectivity index (χ3v) is 4.62. The SMILES string of the molecule is CCC1(C(=O)O)CCN(Cc2ccccc2C(N)=O)CC1. The lowest BCUT2D eigenvalue weighted by molar-refractivity contribution is -0.152. The van der Waals surface area contributed by atoms with Gasteiger partial charge in [0.2, 0.25) is 5.91 Å². The molecule has 0 aromatic heterocycles. The molecule has 1 amide bonds. The summed E-state index contributed by atoms with van der Waals surface area (Å²) in [7, 11) is 0. The maximum atomic E-state index is 11.4. The smallest absolute Gasteiger partial charge is 0.309 e. The molecule has 0 unspecified atom stereocenters. The fourth-order valence-corrected chi connectivity index (χ4v) is 3.00. The van der Waals surface area contributed by atoms with E-state index >= 15 is 0 Å². The second-order valence-corrected chi connectivity index (χ2v) is 5.74. The zero-order valence-corrected chi connectivity index (χ0v) is 12.3. The van der Waals surface area contributed by atoms with E-state index < -0.39 is 17.3 Å². The van der Waals surface area contributed by atoms with E-state index in [9.17, 15) is 14.7 Å². The first-order valence-electron chi connectivity index (χ1n) is 7.32. The van der Waals surface area contributed by atoms with Crippen LogP contribution < -0.4 is 5.73 Å². The zero-order valence-electron chi connectivity index (χ0n) is 12.3. The Bertz CT molecular complexity index is 534. The van der Waals surface area contributed by atoms with Crippen LogP contribution in [0.4, 0.5) is 0 Å². The van der Waals surface area contributed by atoms with Crippen LogP contribution in [0.25, 0.3) is 0 Å². The van der Waals surface area contributed by atoms with Crippen molar-refractivity contribution in [2.24, 2.45) is 11.1 Å². The number of hydrogen-bond donors (Lipinski definition) is 2. The van der Waals surface area contributed by atoms with Crippen LogP contribution in [0.3, 0.4) is 0 Å². The largest absolute Gasteiger partial charge is 0.481 e. The minimum absolute atomic E-state index is 0.420. The Balaban J connectivity index is 2.04. The molecule has 0 spiro atoms. The summed E-state index contributed by atoms with van der Waals surface area (Å²) in [5.74, 6) is -1.11. The van der Waals surface area contributed by atoms with E-state index in [1.54, 1.807) is 12.1 Å². The van der Waals surface area contributed by atoms with E-state index in [4.69, 9.17) is 5.73 Å². The van der Waals surface area contributed by atoms with Gasteiger partial charge >= 0.3 is 5.97 Å². The fourth-order valence-electron chi connectivity index (χ4n) is 3.00. The van der Waals surface area contributed by atoms with Crippen molar-refractivity contribution in [3.8, 4) is 0 Å². The molecule has 1 aliphatic rings. The molecule has 0 aliphatic carbocycles.